The molecule has 0 unspecified atom stereocenters. The Morgan fingerprint density at radius 1 is 1.19 bits per heavy atom. The van der Waals surface area contributed by atoms with Gasteiger partial charge in [-0.15, -0.1) is 0 Å². The molecule has 0 saturated carbocycles. The van der Waals surface area contributed by atoms with Crippen molar-refractivity contribution < 1.29 is 14.7 Å². The first kappa shape index (κ1) is 14.9. The molecule has 0 saturated heterocycles. The fraction of sp³-hybridized carbons (Fsp3) is 0.231. The number of aromatic nitrogens is 2. The van der Waals surface area contributed by atoms with Gasteiger partial charge in [0.25, 0.3) is 0 Å². The Balaban J connectivity index is 2.15. The highest BCUT2D eigenvalue weighted by Gasteiger charge is 2.13. The molecule has 0 aliphatic rings. The van der Waals surface area contributed by atoms with Crippen LogP contribution in [0, 0.1) is 20.8 Å². The van der Waals surface area contributed by atoms with Crippen LogP contribution in [0.25, 0.3) is 0 Å². The summed E-state index contributed by atoms with van der Waals surface area (Å²) in [5.74, 6) is -0.450. The third-order valence-corrected chi connectivity index (χ3v) is 3.63. The lowest BCUT2D eigenvalue weighted by Gasteiger charge is -2.10. The van der Waals surface area contributed by atoms with Crippen molar-refractivity contribution in [3.8, 4) is 0 Å². The summed E-state index contributed by atoms with van der Waals surface area (Å²) in [5, 5.41) is 14.7. The average molecular weight is 306 g/mol. The van der Waals surface area contributed by atoms with Crippen molar-refractivity contribution in [1.29, 1.82) is 0 Å². The smallest absolute Gasteiger partial charge is 0.336 e. The summed E-state index contributed by atoms with van der Waals surface area (Å²) in [6.45, 7) is 5.24. The predicted octanol–water partition coefficient (Wildman–Crippen LogP) is 2.81. The minimum Gasteiger partial charge on any atom is -0.478 e. The molecular formula is C13H14N4O3S. The molecule has 2 amide bonds. The quantitative estimate of drug-likeness (QED) is 0.808. The van der Waals surface area contributed by atoms with E-state index in [4.69, 9.17) is 5.11 Å². The van der Waals surface area contributed by atoms with E-state index in [2.05, 4.69) is 20.0 Å². The van der Waals surface area contributed by atoms with Gasteiger partial charge in [0.2, 0.25) is 5.13 Å². The second-order valence-electron chi connectivity index (χ2n) is 4.50. The van der Waals surface area contributed by atoms with Crippen molar-refractivity contribution >= 4 is 34.4 Å². The summed E-state index contributed by atoms with van der Waals surface area (Å²) in [6.07, 6.45) is 0. The van der Waals surface area contributed by atoms with E-state index in [1.165, 1.54) is 6.07 Å². The van der Waals surface area contributed by atoms with Crippen molar-refractivity contribution in [3.05, 3.63) is 34.6 Å². The number of rotatable bonds is 3. The van der Waals surface area contributed by atoms with Gasteiger partial charge in [-0.2, -0.15) is 4.37 Å². The zero-order valence-electron chi connectivity index (χ0n) is 11.7. The van der Waals surface area contributed by atoms with Gasteiger partial charge in [-0.1, -0.05) is 0 Å². The Labute approximate surface area is 125 Å². The second-order valence-corrected chi connectivity index (χ2v) is 5.25. The van der Waals surface area contributed by atoms with Gasteiger partial charge in [0.05, 0.1) is 5.56 Å². The number of anilines is 2. The highest BCUT2D eigenvalue weighted by atomic mass is 32.1. The van der Waals surface area contributed by atoms with Gasteiger partial charge in [-0.05, 0) is 44.0 Å². The lowest BCUT2D eigenvalue weighted by Crippen LogP contribution is -2.20. The van der Waals surface area contributed by atoms with Crippen LogP contribution in [-0.2, 0) is 0 Å². The fourth-order valence-corrected chi connectivity index (χ4v) is 2.33. The summed E-state index contributed by atoms with van der Waals surface area (Å²) in [5.41, 5.74) is 2.04. The number of nitrogens with one attached hydrogen (secondary N) is 2. The largest absolute Gasteiger partial charge is 0.478 e. The number of carboxylic acids is 1. The number of urea groups is 1. The number of amides is 2. The fourth-order valence-electron chi connectivity index (χ4n) is 1.76. The molecule has 3 N–H and O–H groups in total. The topological polar surface area (TPSA) is 104 Å². The van der Waals surface area contributed by atoms with Gasteiger partial charge in [-0.3, -0.25) is 5.32 Å². The van der Waals surface area contributed by atoms with Gasteiger partial charge in [0.15, 0.2) is 0 Å². The molecule has 0 aliphatic heterocycles. The van der Waals surface area contributed by atoms with Crippen LogP contribution in [0.15, 0.2) is 12.1 Å². The highest BCUT2D eigenvalue weighted by molar-refractivity contribution is 7.09. The summed E-state index contributed by atoms with van der Waals surface area (Å²) in [6, 6.07) is 2.65. The Bertz CT molecular complexity index is 711. The number of carbonyl (C=O) groups is 2. The Hall–Kier alpha value is -2.48. The molecular weight excluding hydrogens is 292 g/mol. The lowest BCUT2D eigenvalue weighted by molar-refractivity contribution is 0.0696. The van der Waals surface area contributed by atoms with Crippen LogP contribution in [0.2, 0.25) is 0 Å². The van der Waals surface area contributed by atoms with Crippen LogP contribution in [-0.4, -0.2) is 26.5 Å². The van der Waals surface area contributed by atoms with Gasteiger partial charge in [0, 0.05) is 17.2 Å². The van der Waals surface area contributed by atoms with E-state index in [1.807, 2.05) is 0 Å². The Morgan fingerprint density at radius 2 is 1.90 bits per heavy atom. The summed E-state index contributed by atoms with van der Waals surface area (Å²) in [7, 11) is 0. The van der Waals surface area contributed by atoms with Gasteiger partial charge < -0.3 is 10.4 Å². The van der Waals surface area contributed by atoms with E-state index >= 15 is 0 Å². The number of nitrogens with zero attached hydrogens (tertiary/aromatic N) is 2. The van der Waals surface area contributed by atoms with Crippen molar-refractivity contribution in [2.24, 2.45) is 0 Å². The average Bonchev–Trinajstić information content (AvgIpc) is 2.78. The zero-order valence-corrected chi connectivity index (χ0v) is 12.5. The van der Waals surface area contributed by atoms with E-state index in [0.29, 0.717) is 22.2 Å². The first-order chi connectivity index (χ1) is 9.86. The van der Waals surface area contributed by atoms with Crippen LogP contribution in [0.4, 0.5) is 15.6 Å². The number of benzene rings is 1. The normalized spacial score (nSPS) is 10.2. The highest BCUT2D eigenvalue weighted by Crippen LogP contribution is 2.20. The molecule has 21 heavy (non-hydrogen) atoms. The molecule has 1 aromatic carbocycles. The van der Waals surface area contributed by atoms with Gasteiger partial charge in [0.1, 0.15) is 5.82 Å². The van der Waals surface area contributed by atoms with Crippen LogP contribution in [0.3, 0.4) is 0 Å². The molecule has 1 heterocycles. The van der Waals surface area contributed by atoms with Crippen molar-refractivity contribution in [1.82, 2.24) is 9.36 Å². The molecule has 0 fully saturated rings. The Kier molecular flexibility index (Phi) is 4.18. The maximum Gasteiger partial charge on any atom is 0.336 e. The molecule has 8 heteroatoms. The van der Waals surface area contributed by atoms with Crippen molar-refractivity contribution in [2.75, 3.05) is 10.6 Å². The maximum atomic E-state index is 11.8. The molecule has 0 bridgehead atoms. The molecule has 0 aliphatic carbocycles. The first-order valence-electron chi connectivity index (χ1n) is 6.09. The van der Waals surface area contributed by atoms with Crippen LogP contribution >= 0.6 is 11.5 Å². The molecule has 7 nitrogen and oxygen atoms in total. The monoisotopic (exact) mass is 306 g/mol. The molecule has 0 spiro atoms. The minimum absolute atomic E-state index is 0.164. The second kappa shape index (κ2) is 5.88. The molecule has 110 valence electrons. The van der Waals surface area contributed by atoms with Crippen LogP contribution in [0.1, 0.15) is 27.3 Å². The zero-order chi connectivity index (χ0) is 15.6. The van der Waals surface area contributed by atoms with E-state index in [1.54, 1.807) is 26.8 Å². The third kappa shape index (κ3) is 3.54. The number of carboxylic acid groups (broad SMARTS) is 1. The SMILES string of the molecule is Cc1nsc(NC(=O)Nc2cc(C)c(C)c(C(=O)O)c2)n1. The Morgan fingerprint density at radius 3 is 2.48 bits per heavy atom. The number of hydrogen-bond acceptors (Lipinski definition) is 5. The number of carbonyl (C=O) groups excluding carboxylic acids is 1. The van der Waals surface area contributed by atoms with Crippen molar-refractivity contribution in [2.45, 2.75) is 20.8 Å². The number of aromatic carboxylic acids is 1. The lowest BCUT2D eigenvalue weighted by atomic mass is 10.0. The summed E-state index contributed by atoms with van der Waals surface area (Å²) in [4.78, 5) is 27.0. The van der Waals surface area contributed by atoms with E-state index < -0.39 is 12.0 Å². The maximum absolute atomic E-state index is 11.8. The molecule has 2 rings (SSSR count). The number of hydrogen-bond donors (Lipinski definition) is 3. The predicted molar refractivity (Wildman–Crippen MR) is 80.2 cm³/mol. The van der Waals surface area contributed by atoms with Crippen molar-refractivity contribution in [3.63, 3.8) is 0 Å². The minimum atomic E-state index is -1.03. The molecule has 2 aromatic rings. The molecule has 0 radical (unpaired) electrons. The van der Waals surface area contributed by atoms with Crippen LogP contribution in [0.5, 0.6) is 0 Å². The van der Waals surface area contributed by atoms with E-state index in [9.17, 15) is 9.59 Å². The van der Waals surface area contributed by atoms with Gasteiger partial charge >= 0.3 is 12.0 Å². The number of aryl methyl sites for hydroxylation is 2. The first-order valence-corrected chi connectivity index (χ1v) is 6.87. The molecule has 1 aromatic heterocycles. The third-order valence-electron chi connectivity index (χ3n) is 2.90. The van der Waals surface area contributed by atoms with Gasteiger partial charge in [-0.25, -0.2) is 14.6 Å². The van der Waals surface area contributed by atoms with E-state index in [0.717, 1.165) is 17.1 Å². The standard InChI is InChI=1S/C13H14N4O3S/c1-6-4-9(5-10(7(6)2)11(18)19)15-12(20)16-13-14-8(3)17-21-13/h4-5H,1-3H3,(H,18,19)(H2,14,15,16,17,20). The summed E-state index contributed by atoms with van der Waals surface area (Å²) < 4.78 is 3.95. The van der Waals surface area contributed by atoms with Crippen LogP contribution < -0.4 is 10.6 Å². The van der Waals surface area contributed by atoms with E-state index in [-0.39, 0.29) is 5.56 Å². The summed E-state index contributed by atoms with van der Waals surface area (Å²) >= 11 is 1.07. The molecule has 0 atom stereocenters.